The number of rotatable bonds is 4. The van der Waals surface area contributed by atoms with Crippen LogP contribution in [0.2, 0.25) is 0 Å². The van der Waals surface area contributed by atoms with E-state index in [1.807, 2.05) is 0 Å². The molecule has 4 rings (SSSR count). The molecule has 3 unspecified atom stereocenters. The highest BCUT2D eigenvalue weighted by Gasteiger charge is 2.40. The summed E-state index contributed by atoms with van der Waals surface area (Å²) in [4.78, 5) is 17.3. The standard InChI is InChI=1S/C21H31N3O/c1-15-11-19(24-9-7-23(2)8-10-24)5-6-20(15)22-21(25)14-18-13-16-3-4-17(18)12-16/h5-6,11,16-18H,3-4,7-10,12-14H2,1-2H3,(H,22,25). The summed E-state index contributed by atoms with van der Waals surface area (Å²) in [5, 5.41) is 3.17. The maximum Gasteiger partial charge on any atom is 0.224 e. The van der Waals surface area contributed by atoms with Crippen molar-refractivity contribution in [3.63, 3.8) is 0 Å². The van der Waals surface area contributed by atoms with E-state index in [-0.39, 0.29) is 5.91 Å². The Morgan fingerprint density at radius 3 is 2.60 bits per heavy atom. The molecule has 2 saturated carbocycles. The van der Waals surface area contributed by atoms with Crippen molar-refractivity contribution in [1.82, 2.24) is 4.90 Å². The summed E-state index contributed by atoms with van der Waals surface area (Å²) < 4.78 is 0. The molecule has 3 fully saturated rings. The molecule has 4 heteroatoms. The zero-order chi connectivity index (χ0) is 17.4. The lowest BCUT2D eigenvalue weighted by Gasteiger charge is -2.34. The number of carbonyl (C=O) groups excluding carboxylic acids is 1. The lowest BCUT2D eigenvalue weighted by Crippen LogP contribution is -2.44. The van der Waals surface area contributed by atoms with Crippen LogP contribution in [0, 0.1) is 24.7 Å². The van der Waals surface area contributed by atoms with Gasteiger partial charge in [0.2, 0.25) is 5.91 Å². The van der Waals surface area contributed by atoms with E-state index in [2.05, 4.69) is 47.3 Å². The van der Waals surface area contributed by atoms with Gasteiger partial charge in [-0.05, 0) is 74.8 Å². The van der Waals surface area contributed by atoms with Crippen LogP contribution in [0.3, 0.4) is 0 Å². The molecule has 0 spiro atoms. The first kappa shape index (κ1) is 16.9. The van der Waals surface area contributed by atoms with Crippen LogP contribution in [0.15, 0.2) is 18.2 Å². The van der Waals surface area contributed by atoms with E-state index in [1.54, 1.807) is 0 Å². The topological polar surface area (TPSA) is 35.6 Å². The molecule has 1 aromatic carbocycles. The first-order chi connectivity index (χ1) is 12.1. The number of piperazine rings is 1. The summed E-state index contributed by atoms with van der Waals surface area (Å²) in [7, 11) is 2.18. The average molecular weight is 341 g/mol. The molecule has 1 aliphatic heterocycles. The van der Waals surface area contributed by atoms with E-state index < -0.39 is 0 Å². The molecule has 4 nitrogen and oxygen atoms in total. The summed E-state index contributed by atoms with van der Waals surface area (Å²) in [5.41, 5.74) is 3.42. The zero-order valence-electron chi connectivity index (χ0n) is 15.6. The largest absolute Gasteiger partial charge is 0.369 e. The Labute approximate surface area is 151 Å². The average Bonchev–Trinajstić information content (AvgIpc) is 3.20. The van der Waals surface area contributed by atoms with Gasteiger partial charge < -0.3 is 15.1 Å². The molecule has 0 radical (unpaired) electrons. The third kappa shape index (κ3) is 3.69. The van der Waals surface area contributed by atoms with Gasteiger partial charge in [0.25, 0.3) is 0 Å². The van der Waals surface area contributed by atoms with Gasteiger partial charge in [-0.1, -0.05) is 6.42 Å². The van der Waals surface area contributed by atoms with Gasteiger partial charge in [-0.3, -0.25) is 4.79 Å². The number of fused-ring (bicyclic) bond motifs is 2. The van der Waals surface area contributed by atoms with E-state index in [4.69, 9.17) is 0 Å². The highest BCUT2D eigenvalue weighted by molar-refractivity contribution is 5.92. The molecule has 0 aromatic heterocycles. The number of amides is 1. The molecule has 2 bridgehead atoms. The minimum atomic E-state index is 0.202. The maximum absolute atomic E-state index is 12.5. The predicted molar refractivity (Wildman–Crippen MR) is 103 cm³/mol. The number of aryl methyl sites for hydroxylation is 1. The molecular weight excluding hydrogens is 310 g/mol. The molecule has 3 atom stereocenters. The Morgan fingerprint density at radius 2 is 1.96 bits per heavy atom. The molecule has 2 aliphatic carbocycles. The molecule has 3 aliphatic rings. The molecule has 1 amide bonds. The van der Waals surface area contributed by atoms with Crippen LogP contribution >= 0.6 is 0 Å². The number of nitrogens with one attached hydrogen (secondary N) is 1. The van der Waals surface area contributed by atoms with E-state index in [9.17, 15) is 4.79 Å². The highest BCUT2D eigenvalue weighted by Crippen LogP contribution is 2.49. The van der Waals surface area contributed by atoms with Crippen molar-refractivity contribution in [3.8, 4) is 0 Å². The van der Waals surface area contributed by atoms with Gasteiger partial charge in [0.15, 0.2) is 0 Å². The van der Waals surface area contributed by atoms with Gasteiger partial charge in [-0.2, -0.15) is 0 Å². The lowest BCUT2D eigenvalue weighted by atomic mass is 9.86. The molecule has 136 valence electrons. The number of hydrogen-bond acceptors (Lipinski definition) is 3. The van der Waals surface area contributed by atoms with Gasteiger partial charge in [0.05, 0.1) is 0 Å². The third-order valence-corrected chi connectivity index (χ3v) is 6.68. The van der Waals surface area contributed by atoms with Crippen LogP contribution in [-0.2, 0) is 4.79 Å². The molecule has 1 aromatic rings. The van der Waals surface area contributed by atoms with Gasteiger partial charge in [-0.25, -0.2) is 0 Å². The fourth-order valence-corrected chi connectivity index (χ4v) is 5.12. The number of carbonyl (C=O) groups is 1. The first-order valence-electron chi connectivity index (χ1n) is 9.92. The van der Waals surface area contributed by atoms with Crippen molar-refractivity contribution < 1.29 is 4.79 Å². The van der Waals surface area contributed by atoms with Crippen molar-refractivity contribution in [3.05, 3.63) is 23.8 Å². The second-order valence-corrected chi connectivity index (χ2v) is 8.48. The monoisotopic (exact) mass is 341 g/mol. The summed E-state index contributed by atoms with van der Waals surface area (Å²) in [6, 6.07) is 6.46. The van der Waals surface area contributed by atoms with Crippen LogP contribution in [0.5, 0.6) is 0 Å². The first-order valence-corrected chi connectivity index (χ1v) is 9.92. The van der Waals surface area contributed by atoms with Gasteiger partial charge in [0, 0.05) is 44.0 Å². The van der Waals surface area contributed by atoms with Gasteiger partial charge in [0.1, 0.15) is 0 Å². The number of nitrogens with zero attached hydrogens (tertiary/aromatic N) is 2. The van der Waals surface area contributed by atoms with E-state index >= 15 is 0 Å². The smallest absolute Gasteiger partial charge is 0.224 e. The Morgan fingerprint density at radius 1 is 1.16 bits per heavy atom. The Hall–Kier alpha value is -1.55. The molecule has 1 saturated heterocycles. The zero-order valence-corrected chi connectivity index (χ0v) is 15.6. The fraction of sp³-hybridized carbons (Fsp3) is 0.667. The Bertz CT molecular complexity index is 636. The minimum absolute atomic E-state index is 0.202. The molecule has 1 N–H and O–H groups in total. The lowest BCUT2D eigenvalue weighted by molar-refractivity contribution is -0.117. The van der Waals surface area contributed by atoms with E-state index in [0.29, 0.717) is 12.3 Å². The predicted octanol–water partition coefficient (Wildman–Crippen LogP) is 3.51. The number of hydrogen-bond donors (Lipinski definition) is 1. The van der Waals surface area contributed by atoms with Crippen molar-refractivity contribution in [2.45, 2.75) is 39.0 Å². The summed E-state index contributed by atoms with van der Waals surface area (Å²) in [5.74, 6) is 2.56. The van der Waals surface area contributed by atoms with Crippen molar-refractivity contribution in [1.29, 1.82) is 0 Å². The summed E-state index contributed by atoms with van der Waals surface area (Å²) >= 11 is 0. The number of likely N-dealkylation sites (N-methyl/N-ethyl adjacent to an activating group) is 1. The summed E-state index contributed by atoms with van der Waals surface area (Å²) in [6.45, 7) is 6.48. The quantitative estimate of drug-likeness (QED) is 0.910. The van der Waals surface area contributed by atoms with Crippen LogP contribution < -0.4 is 10.2 Å². The van der Waals surface area contributed by atoms with E-state index in [1.165, 1.54) is 31.4 Å². The summed E-state index contributed by atoms with van der Waals surface area (Å²) in [6.07, 6.45) is 6.11. The SMILES string of the molecule is Cc1cc(N2CCN(C)CC2)ccc1NC(=O)CC1CC2CCC1C2. The number of anilines is 2. The maximum atomic E-state index is 12.5. The van der Waals surface area contributed by atoms with E-state index in [0.717, 1.165) is 49.3 Å². The van der Waals surface area contributed by atoms with Crippen LogP contribution in [-0.4, -0.2) is 44.0 Å². The van der Waals surface area contributed by atoms with Crippen molar-refractivity contribution in [2.75, 3.05) is 43.4 Å². The highest BCUT2D eigenvalue weighted by atomic mass is 16.1. The van der Waals surface area contributed by atoms with Crippen LogP contribution in [0.4, 0.5) is 11.4 Å². The normalized spacial score (nSPS) is 29.2. The Balaban J connectivity index is 1.35. The number of benzene rings is 1. The van der Waals surface area contributed by atoms with Crippen LogP contribution in [0.25, 0.3) is 0 Å². The Kier molecular flexibility index (Phi) is 4.72. The second-order valence-electron chi connectivity index (χ2n) is 8.48. The fourth-order valence-electron chi connectivity index (χ4n) is 5.12. The van der Waals surface area contributed by atoms with Gasteiger partial charge in [-0.15, -0.1) is 0 Å². The van der Waals surface area contributed by atoms with Gasteiger partial charge >= 0.3 is 0 Å². The molecular formula is C21H31N3O. The second kappa shape index (κ2) is 6.99. The molecule has 1 heterocycles. The molecule has 25 heavy (non-hydrogen) atoms. The third-order valence-electron chi connectivity index (χ3n) is 6.68. The van der Waals surface area contributed by atoms with Crippen LogP contribution in [0.1, 0.15) is 37.7 Å². The van der Waals surface area contributed by atoms with Crippen molar-refractivity contribution in [2.24, 2.45) is 17.8 Å². The minimum Gasteiger partial charge on any atom is -0.369 e. The van der Waals surface area contributed by atoms with Crippen molar-refractivity contribution >= 4 is 17.3 Å².